The fraction of sp³-hybridized carbons (Fsp3) is 0.741. The van der Waals surface area contributed by atoms with Crippen molar-refractivity contribution in [3.05, 3.63) is 34.9 Å². The Hall–Kier alpha value is -1.15. The van der Waals surface area contributed by atoms with Crippen molar-refractivity contribution in [3.63, 3.8) is 0 Å². The first-order chi connectivity index (χ1) is 13.8. The monoisotopic (exact) mass is 401 g/mol. The number of allylic oxidation sites excluding steroid dienone is 6. The number of likely N-dealkylation sites (tertiary alicyclic amines) is 1. The lowest BCUT2D eigenvalue weighted by Crippen LogP contribution is -2.38. The van der Waals surface area contributed by atoms with E-state index < -0.39 is 0 Å². The van der Waals surface area contributed by atoms with Crippen molar-refractivity contribution in [2.24, 2.45) is 11.8 Å². The molecule has 0 N–H and O–H groups in total. The van der Waals surface area contributed by atoms with Crippen LogP contribution in [-0.2, 0) is 4.79 Å². The lowest BCUT2D eigenvalue weighted by Gasteiger charge is -2.31. The van der Waals surface area contributed by atoms with Crippen molar-refractivity contribution in [3.8, 4) is 0 Å². The summed E-state index contributed by atoms with van der Waals surface area (Å²) >= 11 is 0. The van der Waals surface area contributed by atoms with Gasteiger partial charge in [-0.05, 0) is 98.1 Å². The number of carbonyl (C=O) groups excluding carboxylic acids is 1. The second-order valence-electron chi connectivity index (χ2n) is 9.55. The van der Waals surface area contributed by atoms with Gasteiger partial charge in [-0.15, -0.1) is 0 Å². The molecule has 0 amide bonds. The fourth-order valence-corrected chi connectivity index (χ4v) is 4.17. The van der Waals surface area contributed by atoms with E-state index in [-0.39, 0.29) is 5.92 Å². The number of Topliss-reactive ketones (excluding diaryl/α,β-unsaturated/α-hetero) is 1. The number of ketones is 1. The maximum Gasteiger partial charge on any atom is 0.137 e. The summed E-state index contributed by atoms with van der Waals surface area (Å²) in [6.45, 7) is 16.5. The van der Waals surface area contributed by atoms with Gasteiger partial charge in [-0.1, -0.05) is 48.8 Å². The van der Waals surface area contributed by atoms with Crippen LogP contribution in [0.15, 0.2) is 34.9 Å². The first-order valence-electron chi connectivity index (χ1n) is 12.0. The van der Waals surface area contributed by atoms with Gasteiger partial charge in [0.2, 0.25) is 0 Å². The summed E-state index contributed by atoms with van der Waals surface area (Å²) in [5.41, 5.74) is 4.41. The third kappa shape index (κ3) is 12.2. The maximum atomic E-state index is 12.6. The van der Waals surface area contributed by atoms with Crippen LogP contribution >= 0.6 is 0 Å². The van der Waals surface area contributed by atoms with Crippen LogP contribution in [0.4, 0.5) is 0 Å². The summed E-state index contributed by atoms with van der Waals surface area (Å²) in [7, 11) is 0. The Bertz CT molecular complexity index is 565. The number of hydrogen-bond donors (Lipinski definition) is 0. The van der Waals surface area contributed by atoms with E-state index in [0.29, 0.717) is 11.7 Å². The average molecular weight is 402 g/mol. The first-order valence-corrected chi connectivity index (χ1v) is 12.0. The number of nitrogens with zero attached hydrogens (tertiary/aromatic N) is 1. The number of hydrogen-bond acceptors (Lipinski definition) is 2. The van der Waals surface area contributed by atoms with Gasteiger partial charge in [-0.2, -0.15) is 0 Å². The summed E-state index contributed by atoms with van der Waals surface area (Å²) in [5.74, 6) is 1.29. The molecule has 1 rings (SSSR count). The van der Waals surface area contributed by atoms with Crippen LogP contribution in [0.3, 0.4) is 0 Å². The van der Waals surface area contributed by atoms with Gasteiger partial charge in [-0.25, -0.2) is 0 Å². The molecule has 1 aliphatic heterocycles. The molecule has 0 saturated carbocycles. The molecule has 2 unspecified atom stereocenters. The van der Waals surface area contributed by atoms with Gasteiger partial charge in [0.25, 0.3) is 0 Å². The topological polar surface area (TPSA) is 20.3 Å². The molecule has 2 heteroatoms. The standard InChI is InChI=1S/C27H47NO/c1-7-28-19-11-18-26(21-28)27(29)20-25(6)17-10-16-24(5)15-9-14-23(4)13-8-12-22(2)3/h12,14,16,25-26H,7-11,13,15,17-21H2,1-6H3/b23-14+,24-16+. The van der Waals surface area contributed by atoms with Gasteiger partial charge in [0.05, 0.1) is 0 Å². The molecule has 29 heavy (non-hydrogen) atoms. The zero-order valence-electron chi connectivity index (χ0n) is 20.2. The molecule has 1 saturated heterocycles. The Morgan fingerprint density at radius 3 is 2.24 bits per heavy atom. The van der Waals surface area contributed by atoms with Gasteiger partial charge in [0.1, 0.15) is 5.78 Å². The highest BCUT2D eigenvalue weighted by molar-refractivity contribution is 5.81. The first kappa shape index (κ1) is 25.9. The molecule has 2 atom stereocenters. The zero-order chi connectivity index (χ0) is 21.6. The van der Waals surface area contributed by atoms with E-state index in [1.807, 2.05) is 0 Å². The van der Waals surface area contributed by atoms with E-state index in [2.05, 4.69) is 64.7 Å². The van der Waals surface area contributed by atoms with Gasteiger partial charge < -0.3 is 4.90 Å². The van der Waals surface area contributed by atoms with Gasteiger partial charge >= 0.3 is 0 Å². The molecule has 1 heterocycles. The van der Waals surface area contributed by atoms with Gasteiger partial charge in [0.15, 0.2) is 0 Å². The summed E-state index contributed by atoms with van der Waals surface area (Å²) in [5, 5.41) is 0. The molecule has 1 fully saturated rings. The van der Waals surface area contributed by atoms with E-state index in [1.165, 1.54) is 36.1 Å². The predicted molar refractivity (Wildman–Crippen MR) is 128 cm³/mol. The Morgan fingerprint density at radius 2 is 1.62 bits per heavy atom. The molecule has 2 nitrogen and oxygen atoms in total. The molecular formula is C27H47NO. The minimum atomic E-state index is 0.287. The smallest absolute Gasteiger partial charge is 0.137 e. The fourth-order valence-electron chi connectivity index (χ4n) is 4.17. The molecule has 0 aromatic carbocycles. The van der Waals surface area contributed by atoms with E-state index in [0.717, 1.165) is 58.0 Å². The van der Waals surface area contributed by atoms with Crippen molar-refractivity contribution < 1.29 is 4.79 Å². The Kier molecular flexibility index (Phi) is 13.2. The highest BCUT2D eigenvalue weighted by atomic mass is 16.1. The van der Waals surface area contributed by atoms with Crippen molar-refractivity contribution in [1.29, 1.82) is 0 Å². The van der Waals surface area contributed by atoms with E-state index in [9.17, 15) is 4.79 Å². The molecule has 0 radical (unpaired) electrons. The lowest BCUT2D eigenvalue weighted by molar-refractivity contribution is -0.125. The SMILES string of the molecule is CCN1CCCC(C(=O)CC(C)CC/C=C(\C)CC/C=C(\C)CCC=C(C)C)C1. The predicted octanol–water partition coefficient (Wildman–Crippen LogP) is 7.51. The second kappa shape index (κ2) is 14.8. The summed E-state index contributed by atoms with van der Waals surface area (Å²) in [6.07, 6.45) is 17.0. The molecule has 0 spiro atoms. The van der Waals surface area contributed by atoms with Crippen LogP contribution < -0.4 is 0 Å². The van der Waals surface area contributed by atoms with Crippen molar-refractivity contribution in [1.82, 2.24) is 4.90 Å². The average Bonchev–Trinajstić information content (AvgIpc) is 2.67. The number of piperidine rings is 1. The summed E-state index contributed by atoms with van der Waals surface area (Å²) < 4.78 is 0. The summed E-state index contributed by atoms with van der Waals surface area (Å²) in [6, 6.07) is 0. The minimum Gasteiger partial charge on any atom is -0.303 e. The van der Waals surface area contributed by atoms with E-state index in [4.69, 9.17) is 0 Å². The molecule has 0 aromatic rings. The quantitative estimate of drug-likeness (QED) is 0.297. The van der Waals surface area contributed by atoms with Crippen LogP contribution in [0.1, 0.15) is 99.3 Å². The molecular weight excluding hydrogens is 354 g/mol. The normalized spacial score (nSPS) is 19.9. The van der Waals surface area contributed by atoms with Gasteiger partial charge in [0, 0.05) is 18.9 Å². The third-order valence-electron chi connectivity index (χ3n) is 6.23. The van der Waals surface area contributed by atoms with Crippen LogP contribution in [0.5, 0.6) is 0 Å². The van der Waals surface area contributed by atoms with Crippen molar-refractivity contribution in [2.45, 2.75) is 99.3 Å². The van der Waals surface area contributed by atoms with E-state index in [1.54, 1.807) is 0 Å². The molecule has 0 aliphatic carbocycles. The Morgan fingerprint density at radius 1 is 1.00 bits per heavy atom. The summed E-state index contributed by atoms with van der Waals surface area (Å²) in [4.78, 5) is 15.1. The van der Waals surface area contributed by atoms with Crippen molar-refractivity contribution in [2.75, 3.05) is 19.6 Å². The number of rotatable bonds is 13. The molecule has 0 aromatic heterocycles. The minimum absolute atomic E-state index is 0.287. The van der Waals surface area contributed by atoms with Crippen LogP contribution in [0, 0.1) is 11.8 Å². The second-order valence-corrected chi connectivity index (χ2v) is 9.55. The van der Waals surface area contributed by atoms with Crippen LogP contribution in [0.25, 0.3) is 0 Å². The van der Waals surface area contributed by atoms with E-state index >= 15 is 0 Å². The largest absolute Gasteiger partial charge is 0.303 e. The van der Waals surface area contributed by atoms with Crippen LogP contribution in [-0.4, -0.2) is 30.3 Å². The highest BCUT2D eigenvalue weighted by Gasteiger charge is 2.25. The molecule has 0 bridgehead atoms. The molecule has 1 aliphatic rings. The maximum absolute atomic E-state index is 12.6. The lowest BCUT2D eigenvalue weighted by atomic mass is 9.87. The molecule has 166 valence electrons. The Balaban J connectivity index is 2.24. The van der Waals surface area contributed by atoms with Crippen molar-refractivity contribution >= 4 is 5.78 Å². The van der Waals surface area contributed by atoms with Gasteiger partial charge in [-0.3, -0.25) is 4.79 Å². The zero-order valence-corrected chi connectivity index (χ0v) is 20.2. The number of carbonyl (C=O) groups is 1. The van der Waals surface area contributed by atoms with Crippen LogP contribution in [0.2, 0.25) is 0 Å². The third-order valence-corrected chi connectivity index (χ3v) is 6.23. The Labute approximate surface area is 181 Å². The highest BCUT2D eigenvalue weighted by Crippen LogP contribution is 2.22.